The van der Waals surface area contributed by atoms with Crippen molar-refractivity contribution in [3.8, 4) is 0 Å². The number of nitrogens with two attached hydrogens (primary N) is 1. The molecule has 0 aromatic carbocycles. The second-order valence-corrected chi connectivity index (χ2v) is 7.13. The summed E-state index contributed by atoms with van der Waals surface area (Å²) in [6.45, 7) is 0. The summed E-state index contributed by atoms with van der Waals surface area (Å²) in [4.78, 5) is 15.1. The molecule has 20 heavy (non-hydrogen) atoms. The first-order valence-corrected chi connectivity index (χ1v) is 7.56. The van der Waals surface area contributed by atoms with Crippen molar-refractivity contribution >= 4 is 11.8 Å². The highest BCUT2D eigenvalue weighted by Crippen LogP contribution is 2.61. The van der Waals surface area contributed by atoms with Crippen molar-refractivity contribution in [3.05, 3.63) is 23.4 Å². The minimum Gasteiger partial charge on any atom is -0.477 e. The third-order valence-corrected chi connectivity index (χ3v) is 5.75. The summed E-state index contributed by atoms with van der Waals surface area (Å²) >= 11 is 0. The highest BCUT2D eigenvalue weighted by Gasteiger charge is 2.52. The van der Waals surface area contributed by atoms with Gasteiger partial charge in [0.1, 0.15) is 5.82 Å². The smallest absolute Gasteiger partial charge is 0.354 e. The molecular formula is C16H20N2O2. The fraction of sp³-hybridized carbons (Fsp3) is 0.625. The first kappa shape index (κ1) is 12.2. The van der Waals surface area contributed by atoms with Gasteiger partial charge in [-0.15, -0.1) is 0 Å². The molecule has 5 rings (SSSR count). The highest BCUT2D eigenvalue weighted by molar-refractivity contribution is 5.86. The van der Waals surface area contributed by atoms with E-state index in [4.69, 9.17) is 10.8 Å². The lowest BCUT2D eigenvalue weighted by molar-refractivity contribution is -0.00498. The van der Waals surface area contributed by atoms with Crippen molar-refractivity contribution < 1.29 is 9.90 Å². The Labute approximate surface area is 118 Å². The highest BCUT2D eigenvalue weighted by atomic mass is 16.4. The van der Waals surface area contributed by atoms with Gasteiger partial charge in [-0.1, -0.05) is 6.07 Å². The largest absolute Gasteiger partial charge is 0.477 e. The molecule has 4 heteroatoms. The lowest BCUT2D eigenvalue weighted by atomic mass is 9.48. The van der Waals surface area contributed by atoms with Gasteiger partial charge in [0.25, 0.3) is 0 Å². The van der Waals surface area contributed by atoms with Crippen LogP contribution in [0.1, 0.15) is 54.6 Å². The molecule has 4 saturated carbocycles. The SMILES string of the molecule is Nc1nc(C(=O)O)ccc1C12CC3CC(CC(C3)C1)C2. The Balaban J connectivity index is 1.75. The first-order chi connectivity index (χ1) is 9.56. The van der Waals surface area contributed by atoms with Gasteiger partial charge in [0, 0.05) is 5.56 Å². The number of nitrogens with zero attached hydrogens (tertiary/aromatic N) is 1. The topological polar surface area (TPSA) is 76.2 Å². The summed E-state index contributed by atoms with van der Waals surface area (Å²) < 4.78 is 0. The maximum atomic E-state index is 11.0. The number of nitrogen functional groups attached to an aromatic ring is 1. The Morgan fingerprint density at radius 3 is 2.15 bits per heavy atom. The predicted molar refractivity (Wildman–Crippen MR) is 75.5 cm³/mol. The Kier molecular flexibility index (Phi) is 2.41. The van der Waals surface area contributed by atoms with E-state index < -0.39 is 5.97 Å². The molecule has 4 aliphatic rings. The Bertz CT molecular complexity index is 547. The average molecular weight is 272 g/mol. The minimum absolute atomic E-state index is 0.0518. The van der Waals surface area contributed by atoms with E-state index in [1.807, 2.05) is 6.07 Å². The van der Waals surface area contributed by atoms with E-state index in [1.165, 1.54) is 38.5 Å². The third-order valence-electron chi connectivity index (χ3n) is 5.75. The summed E-state index contributed by atoms with van der Waals surface area (Å²) in [5.74, 6) is 1.97. The quantitative estimate of drug-likeness (QED) is 0.868. The van der Waals surface area contributed by atoms with Gasteiger partial charge in [-0.3, -0.25) is 0 Å². The van der Waals surface area contributed by atoms with Gasteiger partial charge in [-0.2, -0.15) is 0 Å². The van der Waals surface area contributed by atoms with Crippen molar-refractivity contribution in [2.45, 2.75) is 43.9 Å². The summed E-state index contributed by atoms with van der Waals surface area (Å²) in [6.07, 6.45) is 7.82. The Morgan fingerprint density at radius 1 is 1.15 bits per heavy atom. The first-order valence-electron chi connectivity index (χ1n) is 7.56. The number of aromatic nitrogens is 1. The van der Waals surface area contributed by atoms with E-state index in [0.717, 1.165) is 23.3 Å². The molecular weight excluding hydrogens is 252 g/mol. The predicted octanol–water partition coefficient (Wildman–Crippen LogP) is 2.83. The molecule has 4 aliphatic carbocycles. The molecule has 0 atom stereocenters. The van der Waals surface area contributed by atoms with E-state index in [-0.39, 0.29) is 11.1 Å². The second kappa shape index (κ2) is 3.96. The van der Waals surface area contributed by atoms with E-state index >= 15 is 0 Å². The number of pyridine rings is 1. The number of anilines is 1. The lowest BCUT2D eigenvalue weighted by Crippen LogP contribution is -2.48. The lowest BCUT2D eigenvalue weighted by Gasteiger charge is -2.57. The number of carboxylic acid groups (broad SMARTS) is 1. The zero-order chi connectivity index (χ0) is 13.9. The minimum atomic E-state index is -1.01. The molecule has 106 valence electrons. The van der Waals surface area contributed by atoms with Crippen molar-refractivity contribution in [1.29, 1.82) is 0 Å². The van der Waals surface area contributed by atoms with Gasteiger partial charge in [-0.25, -0.2) is 9.78 Å². The van der Waals surface area contributed by atoms with Crippen LogP contribution in [0.4, 0.5) is 5.82 Å². The number of aromatic carboxylic acids is 1. The molecule has 0 aliphatic heterocycles. The van der Waals surface area contributed by atoms with Crippen molar-refractivity contribution in [3.63, 3.8) is 0 Å². The third kappa shape index (κ3) is 1.67. The van der Waals surface area contributed by atoms with Crippen LogP contribution in [-0.2, 0) is 5.41 Å². The van der Waals surface area contributed by atoms with E-state index in [1.54, 1.807) is 6.07 Å². The monoisotopic (exact) mass is 272 g/mol. The summed E-state index contributed by atoms with van der Waals surface area (Å²) in [7, 11) is 0. The van der Waals surface area contributed by atoms with Crippen LogP contribution in [0, 0.1) is 17.8 Å². The molecule has 0 radical (unpaired) electrons. The molecule has 3 N–H and O–H groups in total. The normalized spacial score (nSPS) is 38.1. The maximum absolute atomic E-state index is 11.0. The van der Waals surface area contributed by atoms with Gasteiger partial charge in [0.15, 0.2) is 5.69 Å². The molecule has 0 saturated heterocycles. The van der Waals surface area contributed by atoms with Gasteiger partial charge >= 0.3 is 5.97 Å². The summed E-state index contributed by atoms with van der Waals surface area (Å²) in [5.41, 5.74) is 7.45. The number of hydrogen-bond donors (Lipinski definition) is 2. The van der Waals surface area contributed by atoms with Crippen LogP contribution >= 0.6 is 0 Å². The zero-order valence-electron chi connectivity index (χ0n) is 11.5. The molecule has 0 unspecified atom stereocenters. The standard InChI is InChI=1S/C16H20N2O2/c17-14-12(1-2-13(18-14)15(19)20)16-6-9-3-10(7-16)5-11(4-9)8-16/h1-2,9-11H,3-8H2,(H2,17,18)(H,19,20). The van der Waals surface area contributed by atoms with Crippen LogP contribution in [0.5, 0.6) is 0 Å². The molecule has 0 spiro atoms. The van der Waals surface area contributed by atoms with Crippen molar-refractivity contribution in [2.24, 2.45) is 17.8 Å². The number of carboxylic acids is 1. The fourth-order valence-electron chi connectivity index (χ4n) is 5.48. The summed E-state index contributed by atoms with van der Waals surface area (Å²) in [5, 5.41) is 9.02. The van der Waals surface area contributed by atoms with E-state index in [2.05, 4.69) is 4.98 Å². The molecule has 0 amide bonds. The van der Waals surface area contributed by atoms with Crippen LogP contribution in [0.15, 0.2) is 12.1 Å². The van der Waals surface area contributed by atoms with Gasteiger partial charge in [0.05, 0.1) is 0 Å². The Morgan fingerprint density at radius 2 is 1.70 bits per heavy atom. The van der Waals surface area contributed by atoms with Crippen LogP contribution < -0.4 is 5.73 Å². The number of hydrogen-bond acceptors (Lipinski definition) is 3. The molecule has 4 nitrogen and oxygen atoms in total. The zero-order valence-corrected chi connectivity index (χ0v) is 11.5. The second-order valence-electron chi connectivity index (χ2n) is 7.13. The average Bonchev–Trinajstić information content (AvgIpc) is 2.36. The number of carbonyl (C=O) groups is 1. The van der Waals surface area contributed by atoms with Crippen molar-refractivity contribution in [2.75, 3.05) is 5.73 Å². The van der Waals surface area contributed by atoms with Crippen LogP contribution in [-0.4, -0.2) is 16.1 Å². The Hall–Kier alpha value is -1.58. The van der Waals surface area contributed by atoms with Crippen LogP contribution in [0.3, 0.4) is 0 Å². The van der Waals surface area contributed by atoms with Gasteiger partial charge in [-0.05, 0) is 67.8 Å². The number of rotatable bonds is 2. The summed E-state index contributed by atoms with van der Waals surface area (Å²) in [6, 6.07) is 3.55. The van der Waals surface area contributed by atoms with Gasteiger partial charge in [0.2, 0.25) is 0 Å². The molecule has 1 aromatic rings. The molecule has 4 fully saturated rings. The van der Waals surface area contributed by atoms with Crippen LogP contribution in [0.25, 0.3) is 0 Å². The molecule has 1 aromatic heterocycles. The molecule has 1 heterocycles. The fourth-order valence-corrected chi connectivity index (χ4v) is 5.48. The van der Waals surface area contributed by atoms with Crippen molar-refractivity contribution in [1.82, 2.24) is 4.98 Å². The molecule has 4 bridgehead atoms. The maximum Gasteiger partial charge on any atom is 0.354 e. The van der Waals surface area contributed by atoms with Crippen LogP contribution in [0.2, 0.25) is 0 Å². The van der Waals surface area contributed by atoms with E-state index in [0.29, 0.717) is 5.82 Å². The van der Waals surface area contributed by atoms with E-state index in [9.17, 15) is 4.79 Å². The van der Waals surface area contributed by atoms with Gasteiger partial charge < -0.3 is 10.8 Å².